The molecule has 5 heteroatoms. The molecule has 1 saturated carbocycles. The van der Waals surface area contributed by atoms with Gasteiger partial charge in [-0.2, -0.15) is 0 Å². The van der Waals surface area contributed by atoms with Crippen LogP contribution in [0.4, 0.5) is 11.4 Å². The quantitative estimate of drug-likeness (QED) is 0.540. The molecule has 1 aromatic rings. The fraction of sp³-hybridized carbons (Fsp3) is 0.444. The lowest BCUT2D eigenvalue weighted by Crippen LogP contribution is -2.20. The molecule has 5 nitrogen and oxygen atoms in total. The Kier molecular flexibility index (Phi) is 2.07. The lowest BCUT2D eigenvalue weighted by molar-refractivity contribution is -0.384. The molecular formula is C9H11N3O2. The Morgan fingerprint density at radius 1 is 1.64 bits per heavy atom. The molecule has 1 aliphatic carbocycles. The van der Waals surface area contributed by atoms with Crippen molar-refractivity contribution in [1.82, 2.24) is 4.98 Å². The summed E-state index contributed by atoms with van der Waals surface area (Å²) in [5.41, 5.74) is 0.745. The lowest BCUT2D eigenvalue weighted by atomic mass is 10.3. The maximum Gasteiger partial charge on any atom is 0.310 e. The predicted octanol–water partition coefficient (Wildman–Crippen LogP) is 1.59. The third kappa shape index (κ3) is 1.53. The minimum absolute atomic E-state index is 0.0851. The molecule has 0 aromatic carbocycles. The predicted molar refractivity (Wildman–Crippen MR) is 52.3 cm³/mol. The van der Waals surface area contributed by atoms with E-state index in [4.69, 9.17) is 0 Å². The van der Waals surface area contributed by atoms with Gasteiger partial charge in [0.15, 0.2) is 0 Å². The number of nitro groups is 1. The van der Waals surface area contributed by atoms with E-state index in [0.717, 1.165) is 12.8 Å². The van der Waals surface area contributed by atoms with Crippen LogP contribution in [-0.2, 0) is 0 Å². The summed E-state index contributed by atoms with van der Waals surface area (Å²) in [6, 6.07) is 2.16. The first-order chi connectivity index (χ1) is 6.70. The molecule has 74 valence electrons. The third-order valence-electron chi connectivity index (χ3n) is 2.45. The molecule has 2 rings (SSSR count). The fourth-order valence-corrected chi connectivity index (χ4v) is 1.48. The number of hydrogen-bond acceptors (Lipinski definition) is 4. The van der Waals surface area contributed by atoms with E-state index in [1.165, 1.54) is 6.20 Å². The molecule has 1 heterocycles. The molecule has 0 spiro atoms. The monoisotopic (exact) mass is 193 g/mol. The highest BCUT2D eigenvalue weighted by Gasteiger charge is 2.30. The molecule has 1 aliphatic rings. The van der Waals surface area contributed by atoms with Crippen molar-refractivity contribution in [3.63, 3.8) is 0 Å². The summed E-state index contributed by atoms with van der Waals surface area (Å²) in [7, 11) is 1.89. The fourth-order valence-electron chi connectivity index (χ4n) is 1.48. The van der Waals surface area contributed by atoms with Gasteiger partial charge in [-0.15, -0.1) is 0 Å². The highest BCUT2D eigenvalue weighted by atomic mass is 16.6. The number of anilines is 1. The zero-order valence-corrected chi connectivity index (χ0v) is 7.88. The summed E-state index contributed by atoms with van der Waals surface area (Å²) >= 11 is 0. The summed E-state index contributed by atoms with van der Waals surface area (Å²) in [6.07, 6.45) is 5.13. The van der Waals surface area contributed by atoms with Gasteiger partial charge in [-0.25, -0.2) is 0 Å². The van der Waals surface area contributed by atoms with Crippen molar-refractivity contribution >= 4 is 11.4 Å². The Morgan fingerprint density at radius 2 is 2.36 bits per heavy atom. The van der Waals surface area contributed by atoms with Gasteiger partial charge in [0, 0.05) is 19.3 Å². The van der Waals surface area contributed by atoms with E-state index in [0.29, 0.717) is 11.7 Å². The van der Waals surface area contributed by atoms with Crippen molar-refractivity contribution < 1.29 is 4.92 Å². The second-order valence-electron chi connectivity index (χ2n) is 3.46. The number of pyridine rings is 1. The van der Waals surface area contributed by atoms with E-state index in [1.807, 2.05) is 11.9 Å². The van der Waals surface area contributed by atoms with E-state index < -0.39 is 0 Å². The highest BCUT2D eigenvalue weighted by molar-refractivity contribution is 5.62. The average molecular weight is 193 g/mol. The van der Waals surface area contributed by atoms with Crippen molar-refractivity contribution in [2.24, 2.45) is 0 Å². The van der Waals surface area contributed by atoms with Gasteiger partial charge in [0.05, 0.1) is 4.92 Å². The summed E-state index contributed by atoms with van der Waals surface area (Å²) < 4.78 is 0. The molecule has 0 unspecified atom stereocenters. The van der Waals surface area contributed by atoms with Crippen LogP contribution in [0.1, 0.15) is 12.8 Å². The Balaban J connectivity index is 2.34. The van der Waals surface area contributed by atoms with E-state index in [-0.39, 0.29) is 10.6 Å². The molecule has 0 atom stereocenters. The topological polar surface area (TPSA) is 59.3 Å². The zero-order valence-electron chi connectivity index (χ0n) is 7.88. The van der Waals surface area contributed by atoms with Gasteiger partial charge in [-0.3, -0.25) is 15.1 Å². The van der Waals surface area contributed by atoms with Gasteiger partial charge >= 0.3 is 5.69 Å². The average Bonchev–Trinajstić information content (AvgIpc) is 3.00. The standard InChI is InChI=1S/C9H11N3O2/c1-11(7-2-3-7)8-4-5-10-6-9(8)12(13)14/h4-7H,2-3H2,1H3. The lowest BCUT2D eigenvalue weighted by Gasteiger charge is -2.17. The molecule has 0 aliphatic heterocycles. The second-order valence-corrected chi connectivity index (χ2v) is 3.46. The van der Waals surface area contributed by atoms with Gasteiger partial charge in [0.2, 0.25) is 0 Å². The third-order valence-corrected chi connectivity index (χ3v) is 2.45. The number of aromatic nitrogens is 1. The van der Waals surface area contributed by atoms with Crippen molar-refractivity contribution in [2.45, 2.75) is 18.9 Å². The molecule has 0 bridgehead atoms. The molecule has 1 aromatic heterocycles. The summed E-state index contributed by atoms with van der Waals surface area (Å²) in [4.78, 5) is 16.0. The van der Waals surface area contributed by atoms with Crippen LogP contribution in [0.15, 0.2) is 18.5 Å². The van der Waals surface area contributed by atoms with E-state index in [9.17, 15) is 10.1 Å². The van der Waals surface area contributed by atoms with Crippen LogP contribution >= 0.6 is 0 Å². The summed E-state index contributed by atoms with van der Waals surface area (Å²) in [5.74, 6) is 0. The first-order valence-electron chi connectivity index (χ1n) is 4.51. The van der Waals surface area contributed by atoms with Gasteiger partial charge in [0.1, 0.15) is 11.9 Å². The van der Waals surface area contributed by atoms with Crippen molar-refractivity contribution in [1.29, 1.82) is 0 Å². The van der Waals surface area contributed by atoms with Crippen molar-refractivity contribution in [3.8, 4) is 0 Å². The van der Waals surface area contributed by atoms with Gasteiger partial charge in [-0.05, 0) is 18.9 Å². The number of nitrogens with zero attached hydrogens (tertiary/aromatic N) is 3. The van der Waals surface area contributed by atoms with Crippen LogP contribution in [0.25, 0.3) is 0 Å². The summed E-state index contributed by atoms with van der Waals surface area (Å²) in [5, 5.41) is 10.7. The minimum atomic E-state index is -0.388. The maximum atomic E-state index is 10.7. The molecule has 1 fully saturated rings. The van der Waals surface area contributed by atoms with E-state index >= 15 is 0 Å². The molecule has 0 radical (unpaired) electrons. The minimum Gasteiger partial charge on any atom is -0.366 e. The van der Waals surface area contributed by atoms with Crippen LogP contribution in [0.3, 0.4) is 0 Å². The smallest absolute Gasteiger partial charge is 0.310 e. The molecule has 0 amide bonds. The van der Waals surface area contributed by atoms with Crippen LogP contribution < -0.4 is 4.90 Å². The van der Waals surface area contributed by atoms with Crippen LogP contribution in [0.2, 0.25) is 0 Å². The van der Waals surface area contributed by atoms with E-state index in [1.54, 1.807) is 12.3 Å². The molecule has 0 N–H and O–H groups in total. The maximum absolute atomic E-state index is 10.7. The second kappa shape index (κ2) is 3.25. The van der Waals surface area contributed by atoms with Crippen molar-refractivity contribution in [2.75, 3.05) is 11.9 Å². The van der Waals surface area contributed by atoms with Gasteiger partial charge in [0.25, 0.3) is 0 Å². The van der Waals surface area contributed by atoms with Gasteiger partial charge < -0.3 is 4.90 Å². The van der Waals surface area contributed by atoms with Crippen LogP contribution in [0.5, 0.6) is 0 Å². The molecular weight excluding hydrogens is 182 g/mol. The normalized spacial score (nSPS) is 15.2. The van der Waals surface area contributed by atoms with Crippen LogP contribution in [0, 0.1) is 10.1 Å². The largest absolute Gasteiger partial charge is 0.366 e. The zero-order chi connectivity index (χ0) is 10.1. The first-order valence-corrected chi connectivity index (χ1v) is 4.51. The summed E-state index contributed by atoms with van der Waals surface area (Å²) in [6.45, 7) is 0. The SMILES string of the molecule is CN(c1ccncc1[N+](=O)[O-])C1CC1. The number of rotatable bonds is 3. The number of hydrogen-bond donors (Lipinski definition) is 0. The van der Waals surface area contributed by atoms with Gasteiger partial charge in [-0.1, -0.05) is 0 Å². The van der Waals surface area contributed by atoms with Crippen LogP contribution in [-0.4, -0.2) is 23.0 Å². The molecule has 0 saturated heterocycles. The Morgan fingerprint density at radius 3 is 2.93 bits per heavy atom. The molecule has 14 heavy (non-hydrogen) atoms. The first kappa shape index (κ1) is 8.93. The Hall–Kier alpha value is -1.65. The van der Waals surface area contributed by atoms with E-state index in [2.05, 4.69) is 4.98 Å². The Labute approximate surface area is 81.5 Å². The highest BCUT2D eigenvalue weighted by Crippen LogP contribution is 2.34. The van der Waals surface area contributed by atoms with Crippen molar-refractivity contribution in [3.05, 3.63) is 28.6 Å². The Bertz CT molecular complexity index is 363.